The molecule has 0 bridgehead atoms. The molecule has 1 saturated heterocycles. The fourth-order valence-corrected chi connectivity index (χ4v) is 2.70. The lowest BCUT2D eigenvalue weighted by molar-refractivity contribution is -0.138. The Kier molecular flexibility index (Phi) is 6.56. The number of carbonyl (C=O) groups is 1. The largest absolute Gasteiger partial charge is 0.339 e. The molecular weight excluding hydrogens is 212 g/mol. The maximum absolute atomic E-state index is 12.5. The van der Waals surface area contributed by atoms with Gasteiger partial charge in [0.25, 0.3) is 0 Å². The van der Waals surface area contributed by atoms with Gasteiger partial charge < -0.3 is 10.2 Å². The molecule has 100 valence electrons. The minimum absolute atomic E-state index is 0.233. The van der Waals surface area contributed by atoms with E-state index in [9.17, 15) is 4.79 Å². The van der Waals surface area contributed by atoms with Crippen molar-refractivity contribution in [2.75, 3.05) is 19.6 Å². The molecule has 1 rings (SSSR count). The third-order valence-electron chi connectivity index (χ3n) is 3.83. The molecule has 0 radical (unpaired) electrons. The quantitative estimate of drug-likeness (QED) is 0.773. The summed E-state index contributed by atoms with van der Waals surface area (Å²) in [6, 6.07) is 0.476. The molecule has 0 aromatic carbocycles. The maximum atomic E-state index is 12.5. The van der Waals surface area contributed by atoms with Gasteiger partial charge in [-0.3, -0.25) is 4.79 Å². The predicted molar refractivity (Wildman–Crippen MR) is 72.0 cm³/mol. The zero-order valence-corrected chi connectivity index (χ0v) is 11.7. The number of nitrogens with one attached hydrogen (secondary N) is 1. The maximum Gasteiger partial charge on any atom is 0.225 e. The summed E-state index contributed by atoms with van der Waals surface area (Å²) < 4.78 is 0. The second-order valence-corrected chi connectivity index (χ2v) is 5.03. The molecule has 0 atom stereocenters. The lowest BCUT2D eigenvalue weighted by atomic mass is 9.97. The van der Waals surface area contributed by atoms with Crippen molar-refractivity contribution in [1.29, 1.82) is 0 Å². The molecule has 0 unspecified atom stereocenters. The summed E-state index contributed by atoms with van der Waals surface area (Å²) in [5.41, 5.74) is 0. The Balaban J connectivity index is 2.65. The first kappa shape index (κ1) is 14.5. The van der Waals surface area contributed by atoms with Gasteiger partial charge in [-0.1, -0.05) is 20.8 Å². The van der Waals surface area contributed by atoms with E-state index in [1.165, 1.54) is 0 Å². The second kappa shape index (κ2) is 7.70. The van der Waals surface area contributed by atoms with Crippen LogP contribution in [0, 0.1) is 5.92 Å². The standard InChI is InChI=1S/C14H28N2O/c1-4-11-16(13-7-9-15-10-8-13)14(17)12(5-2)6-3/h12-13,15H,4-11H2,1-3H3. The van der Waals surface area contributed by atoms with Crippen LogP contribution in [0.25, 0.3) is 0 Å². The summed E-state index contributed by atoms with van der Waals surface area (Å²) in [7, 11) is 0. The highest BCUT2D eigenvalue weighted by atomic mass is 16.2. The molecule has 0 aromatic heterocycles. The fraction of sp³-hybridized carbons (Fsp3) is 0.929. The van der Waals surface area contributed by atoms with Crippen LogP contribution in [0.15, 0.2) is 0 Å². The van der Waals surface area contributed by atoms with Gasteiger partial charge in [0.2, 0.25) is 5.91 Å². The highest BCUT2D eigenvalue weighted by Crippen LogP contribution is 2.19. The van der Waals surface area contributed by atoms with E-state index in [1.807, 2.05) is 0 Å². The normalized spacial score (nSPS) is 17.4. The van der Waals surface area contributed by atoms with Gasteiger partial charge in [-0.25, -0.2) is 0 Å². The number of piperidine rings is 1. The van der Waals surface area contributed by atoms with Gasteiger partial charge >= 0.3 is 0 Å². The van der Waals surface area contributed by atoms with E-state index in [4.69, 9.17) is 0 Å². The highest BCUT2D eigenvalue weighted by Gasteiger charge is 2.28. The van der Waals surface area contributed by atoms with Crippen molar-refractivity contribution in [3.63, 3.8) is 0 Å². The lowest BCUT2D eigenvalue weighted by Gasteiger charge is -2.36. The van der Waals surface area contributed by atoms with Crippen LogP contribution in [0.3, 0.4) is 0 Å². The van der Waals surface area contributed by atoms with Crippen molar-refractivity contribution < 1.29 is 4.79 Å². The molecule has 3 heteroatoms. The lowest BCUT2D eigenvalue weighted by Crippen LogP contribution is -2.48. The van der Waals surface area contributed by atoms with Crippen LogP contribution in [-0.4, -0.2) is 36.5 Å². The van der Waals surface area contributed by atoms with Gasteiger partial charge in [-0.2, -0.15) is 0 Å². The summed E-state index contributed by atoms with van der Waals surface area (Å²) >= 11 is 0. The van der Waals surface area contributed by atoms with Crippen LogP contribution < -0.4 is 5.32 Å². The van der Waals surface area contributed by atoms with Gasteiger partial charge in [0.15, 0.2) is 0 Å². The Morgan fingerprint density at radius 3 is 2.29 bits per heavy atom. The average molecular weight is 240 g/mol. The third-order valence-corrected chi connectivity index (χ3v) is 3.83. The Bertz CT molecular complexity index is 220. The first-order valence-electron chi connectivity index (χ1n) is 7.25. The minimum atomic E-state index is 0.233. The van der Waals surface area contributed by atoms with Crippen molar-refractivity contribution in [2.45, 2.75) is 58.9 Å². The van der Waals surface area contributed by atoms with E-state index in [1.54, 1.807) is 0 Å². The van der Waals surface area contributed by atoms with Crippen molar-refractivity contribution in [3.05, 3.63) is 0 Å². The molecular formula is C14H28N2O. The van der Waals surface area contributed by atoms with E-state index in [0.717, 1.165) is 51.7 Å². The van der Waals surface area contributed by atoms with E-state index < -0.39 is 0 Å². The molecule has 1 heterocycles. The number of carbonyl (C=O) groups excluding carboxylic acids is 1. The van der Waals surface area contributed by atoms with Gasteiger partial charge in [-0.05, 0) is 45.2 Å². The van der Waals surface area contributed by atoms with E-state index in [-0.39, 0.29) is 5.92 Å². The molecule has 1 fully saturated rings. The molecule has 1 amide bonds. The highest BCUT2D eigenvalue weighted by molar-refractivity contribution is 5.79. The average Bonchev–Trinajstić information content (AvgIpc) is 2.38. The molecule has 0 aliphatic carbocycles. The number of nitrogens with zero attached hydrogens (tertiary/aromatic N) is 1. The molecule has 17 heavy (non-hydrogen) atoms. The van der Waals surface area contributed by atoms with Gasteiger partial charge in [0.05, 0.1) is 0 Å². The number of hydrogen-bond donors (Lipinski definition) is 1. The van der Waals surface area contributed by atoms with Crippen molar-refractivity contribution in [1.82, 2.24) is 10.2 Å². The van der Waals surface area contributed by atoms with E-state index in [2.05, 4.69) is 31.0 Å². The third kappa shape index (κ3) is 3.98. The smallest absolute Gasteiger partial charge is 0.225 e. The zero-order chi connectivity index (χ0) is 12.7. The molecule has 0 saturated carbocycles. The van der Waals surface area contributed by atoms with Crippen LogP contribution in [-0.2, 0) is 4.79 Å². The van der Waals surface area contributed by atoms with Crippen LogP contribution in [0.1, 0.15) is 52.9 Å². The summed E-state index contributed by atoms with van der Waals surface area (Å²) in [5, 5.41) is 3.37. The van der Waals surface area contributed by atoms with Crippen LogP contribution in [0.5, 0.6) is 0 Å². The topological polar surface area (TPSA) is 32.3 Å². The number of amides is 1. The SMILES string of the molecule is CCCN(C(=O)C(CC)CC)C1CCNCC1. The van der Waals surface area contributed by atoms with Crippen molar-refractivity contribution >= 4 is 5.91 Å². The van der Waals surface area contributed by atoms with Gasteiger partial charge in [0, 0.05) is 18.5 Å². The van der Waals surface area contributed by atoms with Crippen LogP contribution in [0.2, 0.25) is 0 Å². The van der Waals surface area contributed by atoms with Crippen molar-refractivity contribution in [3.8, 4) is 0 Å². The van der Waals surface area contributed by atoms with E-state index >= 15 is 0 Å². The first-order valence-corrected chi connectivity index (χ1v) is 7.25. The minimum Gasteiger partial charge on any atom is -0.339 e. The molecule has 0 aromatic rings. The Hall–Kier alpha value is -0.570. The van der Waals surface area contributed by atoms with Crippen LogP contribution in [0.4, 0.5) is 0 Å². The first-order chi connectivity index (χ1) is 8.24. The van der Waals surface area contributed by atoms with Crippen molar-refractivity contribution in [2.24, 2.45) is 5.92 Å². The summed E-state index contributed by atoms with van der Waals surface area (Å²) in [5.74, 6) is 0.625. The number of rotatable bonds is 6. The Morgan fingerprint density at radius 2 is 1.82 bits per heavy atom. The van der Waals surface area contributed by atoms with Crippen LogP contribution >= 0.6 is 0 Å². The van der Waals surface area contributed by atoms with E-state index in [0.29, 0.717) is 11.9 Å². The molecule has 3 nitrogen and oxygen atoms in total. The van der Waals surface area contributed by atoms with Gasteiger partial charge in [0.1, 0.15) is 0 Å². The second-order valence-electron chi connectivity index (χ2n) is 5.03. The molecule has 1 N–H and O–H groups in total. The summed E-state index contributed by atoms with van der Waals surface area (Å²) in [6.45, 7) is 9.45. The monoisotopic (exact) mass is 240 g/mol. The summed E-state index contributed by atoms with van der Waals surface area (Å²) in [6.07, 6.45) is 5.24. The Labute approximate surface area is 106 Å². The predicted octanol–water partition coefficient (Wildman–Crippen LogP) is 2.41. The number of hydrogen-bond acceptors (Lipinski definition) is 2. The Morgan fingerprint density at radius 1 is 1.24 bits per heavy atom. The summed E-state index contributed by atoms with van der Waals surface area (Å²) in [4.78, 5) is 14.7. The molecule has 0 spiro atoms. The fourth-order valence-electron chi connectivity index (χ4n) is 2.70. The molecule has 1 aliphatic rings. The van der Waals surface area contributed by atoms with Gasteiger partial charge in [-0.15, -0.1) is 0 Å². The zero-order valence-electron chi connectivity index (χ0n) is 11.7. The molecule has 1 aliphatic heterocycles.